The van der Waals surface area contributed by atoms with Gasteiger partial charge in [0.2, 0.25) is 6.08 Å². The first-order valence-electron chi connectivity index (χ1n) is 3.90. The minimum Gasteiger partial charge on any atom is -0.309 e. The first-order valence-corrected chi connectivity index (χ1v) is 4.67. The molecule has 1 aromatic heterocycles. The normalized spacial score (nSPS) is 10.1. The maximum atomic E-state index is 10.0. The van der Waals surface area contributed by atoms with Crippen molar-refractivity contribution in [1.82, 2.24) is 9.27 Å². The molecule has 0 atom stereocenters. The van der Waals surface area contributed by atoms with Crippen LogP contribution in [0.2, 0.25) is 0 Å². The third kappa shape index (κ3) is 3.06. The van der Waals surface area contributed by atoms with Gasteiger partial charge >= 0.3 is 0 Å². The van der Waals surface area contributed by atoms with Crippen LogP contribution in [-0.2, 0) is 11.2 Å². The summed E-state index contributed by atoms with van der Waals surface area (Å²) in [7, 11) is 4.01. The van der Waals surface area contributed by atoms with Gasteiger partial charge in [-0.1, -0.05) is 0 Å². The van der Waals surface area contributed by atoms with Crippen molar-refractivity contribution >= 4 is 23.3 Å². The van der Waals surface area contributed by atoms with Crippen molar-refractivity contribution in [3.63, 3.8) is 0 Å². The van der Waals surface area contributed by atoms with Crippen molar-refractivity contribution in [1.29, 1.82) is 0 Å². The highest BCUT2D eigenvalue weighted by molar-refractivity contribution is 7.06. The Morgan fingerprint density at radius 3 is 3.08 bits per heavy atom. The van der Waals surface area contributed by atoms with Crippen LogP contribution in [0.5, 0.6) is 0 Å². The zero-order chi connectivity index (χ0) is 9.68. The summed E-state index contributed by atoms with van der Waals surface area (Å²) < 4.78 is 3.97. The summed E-state index contributed by atoms with van der Waals surface area (Å²) in [4.78, 5) is 16.7. The topological polar surface area (TPSA) is 45.6 Å². The van der Waals surface area contributed by atoms with Gasteiger partial charge in [0.15, 0.2) is 0 Å². The van der Waals surface area contributed by atoms with Crippen molar-refractivity contribution in [3.8, 4) is 0 Å². The predicted octanol–water partition coefficient (Wildman–Crippen LogP) is 1.21. The number of carbonyl (C=O) groups excluding carboxylic acids is 1. The molecule has 0 aliphatic rings. The van der Waals surface area contributed by atoms with Gasteiger partial charge in [-0.2, -0.15) is 9.37 Å². The molecule has 70 valence electrons. The lowest BCUT2D eigenvalue weighted by Gasteiger charge is -2.07. The van der Waals surface area contributed by atoms with Gasteiger partial charge in [0.25, 0.3) is 0 Å². The van der Waals surface area contributed by atoms with Gasteiger partial charge in [-0.05, 0) is 32.0 Å². The third-order valence-electron chi connectivity index (χ3n) is 1.58. The van der Waals surface area contributed by atoms with Crippen LogP contribution < -0.4 is 0 Å². The van der Waals surface area contributed by atoms with Crippen molar-refractivity contribution in [3.05, 3.63) is 11.1 Å². The highest BCUT2D eigenvalue weighted by atomic mass is 32.1. The van der Waals surface area contributed by atoms with E-state index >= 15 is 0 Å². The van der Waals surface area contributed by atoms with E-state index in [1.165, 1.54) is 17.6 Å². The zero-order valence-corrected chi connectivity index (χ0v) is 8.47. The highest BCUT2D eigenvalue weighted by Gasteiger charge is 2.04. The first-order chi connectivity index (χ1) is 6.24. The van der Waals surface area contributed by atoms with Crippen LogP contribution in [0.4, 0.5) is 5.69 Å². The molecule has 0 saturated heterocycles. The molecular weight excluding hydrogens is 186 g/mol. The van der Waals surface area contributed by atoms with Crippen LogP contribution in [0.15, 0.2) is 11.2 Å². The fourth-order valence-corrected chi connectivity index (χ4v) is 1.55. The van der Waals surface area contributed by atoms with Crippen LogP contribution in [0.25, 0.3) is 0 Å². The van der Waals surface area contributed by atoms with Crippen LogP contribution in [-0.4, -0.2) is 36.0 Å². The lowest BCUT2D eigenvalue weighted by atomic mass is 10.3. The van der Waals surface area contributed by atoms with Crippen LogP contribution in [0, 0.1) is 0 Å². The highest BCUT2D eigenvalue weighted by Crippen LogP contribution is 2.22. The number of hydrogen-bond donors (Lipinski definition) is 0. The summed E-state index contributed by atoms with van der Waals surface area (Å²) >= 11 is 1.38. The fraction of sp³-hybridized carbons (Fsp3) is 0.500. The second kappa shape index (κ2) is 4.87. The molecule has 0 aromatic carbocycles. The average Bonchev–Trinajstić information content (AvgIpc) is 2.49. The van der Waals surface area contributed by atoms with E-state index in [4.69, 9.17) is 0 Å². The Balaban J connectivity index is 2.65. The molecule has 0 amide bonds. The van der Waals surface area contributed by atoms with E-state index in [2.05, 4.69) is 14.3 Å². The fourth-order valence-electron chi connectivity index (χ4n) is 0.898. The number of rotatable bonds is 4. The number of aliphatic imine (C=N–C) groups is 1. The minimum atomic E-state index is 0.654. The molecule has 13 heavy (non-hydrogen) atoms. The largest absolute Gasteiger partial charge is 0.309 e. The molecule has 0 spiro atoms. The van der Waals surface area contributed by atoms with E-state index in [-0.39, 0.29) is 0 Å². The van der Waals surface area contributed by atoms with E-state index < -0.39 is 0 Å². The molecule has 0 aliphatic heterocycles. The second-order valence-corrected chi connectivity index (χ2v) is 3.78. The second-order valence-electron chi connectivity index (χ2n) is 2.89. The summed E-state index contributed by atoms with van der Waals surface area (Å²) in [6, 6.07) is 0. The van der Waals surface area contributed by atoms with E-state index in [0.717, 1.165) is 17.8 Å². The molecule has 5 heteroatoms. The number of isocyanates is 1. The SMILES string of the molecule is CN(C)CCc1sncc1N=C=O. The molecule has 1 rings (SSSR count). The molecule has 0 bridgehead atoms. The molecule has 1 heterocycles. The Kier molecular flexibility index (Phi) is 3.76. The monoisotopic (exact) mass is 197 g/mol. The maximum absolute atomic E-state index is 10.0. The summed E-state index contributed by atoms with van der Waals surface area (Å²) in [5, 5.41) is 0. The van der Waals surface area contributed by atoms with Gasteiger partial charge < -0.3 is 4.90 Å². The Bertz CT molecular complexity index is 315. The van der Waals surface area contributed by atoms with E-state index in [1.54, 1.807) is 6.20 Å². The van der Waals surface area contributed by atoms with Crippen LogP contribution in [0.3, 0.4) is 0 Å². The first kappa shape index (κ1) is 10.1. The van der Waals surface area contributed by atoms with Crippen molar-refractivity contribution < 1.29 is 4.79 Å². The lowest BCUT2D eigenvalue weighted by molar-refractivity contribution is 0.415. The molecule has 0 N–H and O–H groups in total. The van der Waals surface area contributed by atoms with Gasteiger partial charge in [-0.15, -0.1) is 0 Å². The number of nitrogens with zero attached hydrogens (tertiary/aromatic N) is 3. The smallest absolute Gasteiger partial charge is 0.240 e. The average molecular weight is 197 g/mol. The quantitative estimate of drug-likeness (QED) is 0.538. The van der Waals surface area contributed by atoms with E-state index in [1.807, 2.05) is 14.1 Å². The van der Waals surface area contributed by atoms with Gasteiger partial charge in [-0.25, -0.2) is 4.79 Å². The number of likely N-dealkylation sites (N-methyl/N-ethyl adjacent to an activating group) is 1. The standard InChI is InChI=1S/C8H11N3OS/c1-11(2)4-3-8-7(9-6-12)5-10-13-8/h5H,3-4H2,1-2H3. The van der Waals surface area contributed by atoms with E-state index in [0.29, 0.717) is 5.69 Å². The predicted molar refractivity (Wildman–Crippen MR) is 52.2 cm³/mol. The third-order valence-corrected chi connectivity index (χ3v) is 2.42. The summed E-state index contributed by atoms with van der Waals surface area (Å²) in [6.45, 7) is 0.934. The van der Waals surface area contributed by atoms with Crippen molar-refractivity contribution in [2.45, 2.75) is 6.42 Å². The van der Waals surface area contributed by atoms with Gasteiger partial charge in [-0.3, -0.25) is 0 Å². The van der Waals surface area contributed by atoms with Crippen LogP contribution in [0.1, 0.15) is 4.88 Å². The molecule has 0 aliphatic carbocycles. The van der Waals surface area contributed by atoms with Gasteiger partial charge in [0, 0.05) is 6.54 Å². The molecule has 1 aromatic rings. The summed E-state index contributed by atoms with van der Waals surface area (Å²) in [6.07, 6.45) is 4.00. The van der Waals surface area contributed by atoms with Gasteiger partial charge in [0.1, 0.15) is 5.69 Å². The Morgan fingerprint density at radius 2 is 2.46 bits per heavy atom. The molecule has 4 nitrogen and oxygen atoms in total. The molecule has 0 fully saturated rings. The lowest BCUT2D eigenvalue weighted by Crippen LogP contribution is -2.14. The molecule has 0 radical (unpaired) electrons. The molecular formula is C8H11N3OS. The minimum absolute atomic E-state index is 0.654. The molecule has 0 saturated carbocycles. The van der Waals surface area contributed by atoms with E-state index in [9.17, 15) is 4.79 Å². The van der Waals surface area contributed by atoms with Crippen molar-refractivity contribution in [2.24, 2.45) is 4.99 Å². The van der Waals surface area contributed by atoms with Crippen molar-refractivity contribution in [2.75, 3.05) is 20.6 Å². The molecule has 0 unspecified atom stereocenters. The number of aromatic nitrogens is 1. The zero-order valence-electron chi connectivity index (χ0n) is 7.65. The number of hydrogen-bond acceptors (Lipinski definition) is 5. The van der Waals surface area contributed by atoms with Gasteiger partial charge in [0.05, 0.1) is 11.1 Å². The maximum Gasteiger partial charge on any atom is 0.240 e. The Hall–Kier alpha value is -1.03. The summed E-state index contributed by atoms with van der Waals surface area (Å²) in [5.74, 6) is 0. The summed E-state index contributed by atoms with van der Waals surface area (Å²) in [5.41, 5.74) is 0.654. The Morgan fingerprint density at radius 1 is 1.69 bits per heavy atom. The Labute approximate surface area is 81.1 Å². The van der Waals surface area contributed by atoms with Crippen LogP contribution >= 0.6 is 11.5 Å².